The highest BCUT2D eigenvalue weighted by Crippen LogP contribution is 2.30. The minimum Gasteiger partial charge on any atom is -0.277 e. The SMILES string of the molecule is c1ccc(-c2[nH]ncc3ccc4[nH+]ccc4c23)cc1. The van der Waals surface area contributed by atoms with E-state index < -0.39 is 0 Å². The van der Waals surface area contributed by atoms with Crippen LogP contribution in [0.25, 0.3) is 32.9 Å². The van der Waals surface area contributed by atoms with Crippen LogP contribution in [0.1, 0.15) is 0 Å². The first-order chi connectivity index (χ1) is 9.43. The maximum atomic E-state index is 4.25. The van der Waals surface area contributed by atoms with Gasteiger partial charge in [0.15, 0.2) is 6.20 Å². The quantitative estimate of drug-likeness (QED) is 0.550. The van der Waals surface area contributed by atoms with Gasteiger partial charge in [0.25, 0.3) is 0 Å². The average Bonchev–Trinajstić information content (AvgIpc) is 2.96. The van der Waals surface area contributed by atoms with Crippen LogP contribution in [0.4, 0.5) is 0 Å². The van der Waals surface area contributed by atoms with Crippen molar-refractivity contribution in [1.29, 1.82) is 0 Å². The van der Waals surface area contributed by atoms with E-state index in [4.69, 9.17) is 0 Å². The predicted molar refractivity (Wildman–Crippen MR) is 75.6 cm³/mol. The molecule has 2 heterocycles. The lowest BCUT2D eigenvalue weighted by Crippen LogP contribution is -1.95. The van der Waals surface area contributed by atoms with Crippen molar-refractivity contribution in [2.75, 3.05) is 0 Å². The monoisotopic (exact) mass is 246 g/mol. The highest BCUT2D eigenvalue weighted by Gasteiger charge is 2.11. The molecule has 2 N–H and O–H groups in total. The van der Waals surface area contributed by atoms with Gasteiger partial charge in [-0.05, 0) is 6.07 Å². The molecule has 19 heavy (non-hydrogen) atoms. The number of nitrogens with zero attached hydrogens (tertiary/aromatic N) is 1. The number of fused-ring (bicyclic) bond motifs is 3. The zero-order valence-electron chi connectivity index (χ0n) is 10.2. The van der Waals surface area contributed by atoms with Gasteiger partial charge in [-0.25, -0.2) is 4.98 Å². The van der Waals surface area contributed by atoms with E-state index in [0.29, 0.717) is 0 Å². The molecule has 0 atom stereocenters. The molecule has 0 saturated carbocycles. The fraction of sp³-hybridized carbons (Fsp3) is 0. The van der Waals surface area contributed by atoms with Crippen LogP contribution < -0.4 is 4.98 Å². The van der Waals surface area contributed by atoms with Crippen LogP contribution in [0.2, 0.25) is 0 Å². The van der Waals surface area contributed by atoms with Gasteiger partial charge in [-0.15, -0.1) is 0 Å². The number of rotatable bonds is 1. The highest BCUT2D eigenvalue weighted by molar-refractivity contribution is 6.11. The zero-order chi connectivity index (χ0) is 12.7. The van der Waals surface area contributed by atoms with Crippen molar-refractivity contribution < 1.29 is 4.98 Å². The summed E-state index contributed by atoms with van der Waals surface area (Å²) in [5, 5.41) is 11.0. The van der Waals surface area contributed by atoms with Crippen LogP contribution in [0.5, 0.6) is 0 Å². The predicted octanol–water partition coefficient (Wildman–Crippen LogP) is 3.20. The lowest BCUT2D eigenvalue weighted by atomic mass is 10.0. The summed E-state index contributed by atoms with van der Waals surface area (Å²) in [5.74, 6) is 0. The summed E-state index contributed by atoms with van der Waals surface area (Å²) in [4.78, 5) is 3.26. The van der Waals surface area contributed by atoms with Gasteiger partial charge in [0.1, 0.15) is 0 Å². The molecule has 90 valence electrons. The summed E-state index contributed by atoms with van der Waals surface area (Å²) in [5.41, 5.74) is 3.35. The van der Waals surface area contributed by atoms with E-state index in [-0.39, 0.29) is 0 Å². The minimum absolute atomic E-state index is 1.06. The maximum absolute atomic E-state index is 4.25. The van der Waals surface area contributed by atoms with Gasteiger partial charge in [0, 0.05) is 28.5 Å². The van der Waals surface area contributed by atoms with Crippen molar-refractivity contribution >= 4 is 21.7 Å². The van der Waals surface area contributed by atoms with Crippen LogP contribution in [-0.4, -0.2) is 10.2 Å². The van der Waals surface area contributed by atoms with E-state index in [9.17, 15) is 0 Å². The van der Waals surface area contributed by atoms with Gasteiger partial charge in [0.05, 0.1) is 17.3 Å². The number of nitrogens with one attached hydrogen (secondary N) is 2. The fourth-order valence-corrected chi connectivity index (χ4v) is 2.57. The van der Waals surface area contributed by atoms with Crippen molar-refractivity contribution in [3.05, 3.63) is 60.9 Å². The van der Waals surface area contributed by atoms with E-state index in [1.54, 1.807) is 0 Å². The summed E-state index contributed by atoms with van der Waals surface area (Å²) >= 11 is 0. The minimum atomic E-state index is 1.06. The summed E-state index contributed by atoms with van der Waals surface area (Å²) in [7, 11) is 0. The van der Waals surface area contributed by atoms with Crippen molar-refractivity contribution in [2.24, 2.45) is 0 Å². The third kappa shape index (κ3) is 1.52. The van der Waals surface area contributed by atoms with Crippen LogP contribution >= 0.6 is 0 Å². The summed E-state index contributed by atoms with van der Waals surface area (Å²) in [6, 6.07) is 16.6. The molecule has 4 aromatic rings. The Balaban J connectivity index is 2.18. The Morgan fingerprint density at radius 1 is 0.947 bits per heavy atom. The number of aromatic nitrogens is 3. The second kappa shape index (κ2) is 3.92. The van der Waals surface area contributed by atoms with Gasteiger partial charge in [-0.2, -0.15) is 5.10 Å². The van der Waals surface area contributed by atoms with Gasteiger partial charge in [0.2, 0.25) is 5.52 Å². The largest absolute Gasteiger partial charge is 0.277 e. The van der Waals surface area contributed by atoms with Crippen LogP contribution in [0.3, 0.4) is 0 Å². The molecule has 0 amide bonds. The third-order valence-electron chi connectivity index (χ3n) is 3.46. The Labute approximate surface area is 109 Å². The van der Waals surface area contributed by atoms with Crippen molar-refractivity contribution in [1.82, 2.24) is 10.2 Å². The molecular formula is C16H12N3+. The van der Waals surface area contributed by atoms with Crippen LogP contribution in [0.15, 0.2) is 60.9 Å². The number of aromatic amines is 2. The molecule has 3 nitrogen and oxygen atoms in total. The van der Waals surface area contributed by atoms with E-state index >= 15 is 0 Å². The number of hydrogen-bond acceptors (Lipinski definition) is 1. The normalized spacial score (nSPS) is 11.2. The average molecular weight is 246 g/mol. The van der Waals surface area contributed by atoms with E-state index in [1.165, 1.54) is 10.8 Å². The first kappa shape index (κ1) is 10.3. The number of H-pyrrole nitrogens is 2. The topological polar surface area (TPSA) is 42.8 Å². The lowest BCUT2D eigenvalue weighted by Gasteiger charge is -2.06. The molecule has 4 rings (SSSR count). The van der Waals surface area contributed by atoms with E-state index in [0.717, 1.165) is 22.2 Å². The first-order valence-electron chi connectivity index (χ1n) is 6.25. The molecule has 0 aliphatic heterocycles. The Kier molecular flexibility index (Phi) is 2.12. The van der Waals surface area contributed by atoms with Crippen molar-refractivity contribution in [3.63, 3.8) is 0 Å². The van der Waals surface area contributed by atoms with Crippen molar-refractivity contribution in [3.8, 4) is 11.3 Å². The van der Waals surface area contributed by atoms with E-state index in [2.05, 4.69) is 45.5 Å². The second-order valence-electron chi connectivity index (χ2n) is 4.58. The fourth-order valence-electron chi connectivity index (χ4n) is 2.57. The van der Waals surface area contributed by atoms with Gasteiger partial charge in [-0.3, -0.25) is 5.10 Å². The maximum Gasteiger partial charge on any atom is 0.211 e. The molecular weight excluding hydrogens is 234 g/mol. The molecule has 0 radical (unpaired) electrons. The zero-order valence-corrected chi connectivity index (χ0v) is 10.2. The van der Waals surface area contributed by atoms with Crippen LogP contribution in [-0.2, 0) is 0 Å². The molecule has 3 heteroatoms. The summed E-state index contributed by atoms with van der Waals surface area (Å²) < 4.78 is 0. The van der Waals surface area contributed by atoms with Crippen LogP contribution in [0, 0.1) is 0 Å². The third-order valence-corrected chi connectivity index (χ3v) is 3.46. The molecule has 0 aliphatic carbocycles. The first-order valence-corrected chi connectivity index (χ1v) is 6.25. The van der Waals surface area contributed by atoms with Gasteiger partial charge in [-0.1, -0.05) is 30.3 Å². The highest BCUT2D eigenvalue weighted by atomic mass is 15.1. The van der Waals surface area contributed by atoms with Gasteiger partial charge >= 0.3 is 0 Å². The number of hydrogen-bond donors (Lipinski definition) is 1. The molecule has 0 saturated heterocycles. The molecule has 0 fully saturated rings. The standard InChI is InChI=1S/C16H11N3/c1-2-4-11(5-3-1)16-15-12(10-18-19-16)6-7-14-13(15)8-9-17-14/h1-10,19H/p+1. The molecule has 0 spiro atoms. The van der Waals surface area contributed by atoms with Gasteiger partial charge < -0.3 is 0 Å². The Hall–Kier alpha value is -2.68. The molecule has 2 aromatic carbocycles. The molecule has 0 bridgehead atoms. The Bertz CT molecular complexity index is 863. The molecule has 0 unspecified atom stereocenters. The molecule has 2 aromatic heterocycles. The smallest absolute Gasteiger partial charge is 0.211 e. The summed E-state index contributed by atoms with van der Waals surface area (Å²) in [6.45, 7) is 0. The Morgan fingerprint density at radius 3 is 2.74 bits per heavy atom. The lowest BCUT2D eigenvalue weighted by molar-refractivity contribution is -0.341. The van der Waals surface area contributed by atoms with Crippen molar-refractivity contribution in [2.45, 2.75) is 0 Å². The van der Waals surface area contributed by atoms with E-state index in [1.807, 2.05) is 30.6 Å². The Morgan fingerprint density at radius 2 is 1.84 bits per heavy atom. The number of benzene rings is 2. The molecule has 0 aliphatic rings. The second-order valence-corrected chi connectivity index (χ2v) is 4.58. The summed E-state index contributed by atoms with van der Waals surface area (Å²) in [6.07, 6.45) is 3.84.